The van der Waals surface area contributed by atoms with Crippen molar-refractivity contribution >= 4 is 11.3 Å². The summed E-state index contributed by atoms with van der Waals surface area (Å²) >= 11 is 1.67. The molecule has 3 rings (SSSR count). The van der Waals surface area contributed by atoms with E-state index >= 15 is 0 Å². The van der Waals surface area contributed by atoms with E-state index in [1.807, 2.05) is 11.7 Å². The molecule has 1 unspecified atom stereocenters. The van der Waals surface area contributed by atoms with Gasteiger partial charge in [0.2, 0.25) is 0 Å². The van der Waals surface area contributed by atoms with Crippen LogP contribution in [0.4, 0.5) is 0 Å². The molecule has 1 N–H and O–H groups in total. The van der Waals surface area contributed by atoms with Crippen LogP contribution in [0.1, 0.15) is 35.9 Å². The Hall–Kier alpha value is -1.27. The number of hydrogen-bond acceptors (Lipinski definition) is 5. The maximum absolute atomic E-state index is 4.28. The molecule has 6 heteroatoms. The second-order valence-electron chi connectivity index (χ2n) is 4.30. The molecule has 17 heavy (non-hydrogen) atoms. The highest BCUT2D eigenvalue weighted by atomic mass is 32.1. The summed E-state index contributed by atoms with van der Waals surface area (Å²) in [6, 6.07) is 0.233. The van der Waals surface area contributed by atoms with Gasteiger partial charge in [0, 0.05) is 30.6 Å². The Labute approximate surface area is 104 Å². The SMILES string of the molecule is CC(NCc1cncs1)c1nnc2n1CCC2. The van der Waals surface area contributed by atoms with Crippen LogP contribution in [0.3, 0.4) is 0 Å². The lowest BCUT2D eigenvalue weighted by Gasteiger charge is -2.12. The van der Waals surface area contributed by atoms with E-state index in [9.17, 15) is 0 Å². The number of thiazole rings is 1. The lowest BCUT2D eigenvalue weighted by Crippen LogP contribution is -2.21. The quantitative estimate of drug-likeness (QED) is 0.893. The third-order valence-electron chi connectivity index (χ3n) is 3.09. The minimum absolute atomic E-state index is 0.233. The fraction of sp³-hybridized carbons (Fsp3) is 0.545. The van der Waals surface area contributed by atoms with Crippen molar-refractivity contribution in [2.24, 2.45) is 0 Å². The fourth-order valence-corrected chi connectivity index (χ4v) is 2.71. The number of fused-ring (bicyclic) bond motifs is 1. The van der Waals surface area contributed by atoms with E-state index in [0.29, 0.717) is 0 Å². The van der Waals surface area contributed by atoms with Crippen LogP contribution >= 0.6 is 11.3 Å². The van der Waals surface area contributed by atoms with Crippen molar-refractivity contribution in [1.29, 1.82) is 0 Å². The Balaban J connectivity index is 1.67. The molecule has 5 nitrogen and oxygen atoms in total. The lowest BCUT2D eigenvalue weighted by atomic mass is 10.3. The number of hydrogen-bond donors (Lipinski definition) is 1. The first-order valence-electron chi connectivity index (χ1n) is 5.87. The van der Waals surface area contributed by atoms with Gasteiger partial charge in [-0.2, -0.15) is 0 Å². The molecule has 0 aromatic carbocycles. The summed E-state index contributed by atoms with van der Waals surface area (Å²) < 4.78 is 2.24. The Kier molecular flexibility index (Phi) is 2.90. The van der Waals surface area contributed by atoms with E-state index < -0.39 is 0 Å². The molecule has 1 aliphatic heterocycles. The Morgan fingerprint density at radius 1 is 1.53 bits per heavy atom. The third kappa shape index (κ3) is 2.10. The van der Waals surface area contributed by atoms with Crippen molar-refractivity contribution in [2.45, 2.75) is 38.9 Å². The summed E-state index contributed by atoms with van der Waals surface area (Å²) in [5, 5.41) is 12.0. The summed E-state index contributed by atoms with van der Waals surface area (Å²) in [5.41, 5.74) is 1.86. The highest BCUT2D eigenvalue weighted by Crippen LogP contribution is 2.19. The van der Waals surface area contributed by atoms with Gasteiger partial charge in [-0.25, -0.2) is 0 Å². The van der Waals surface area contributed by atoms with Crippen LogP contribution < -0.4 is 5.32 Å². The standard InChI is InChI=1S/C11H15N5S/c1-8(13-6-9-5-12-7-17-9)11-15-14-10-3-2-4-16(10)11/h5,7-8,13H,2-4,6H2,1H3. The molecule has 2 aromatic heterocycles. The van der Waals surface area contributed by atoms with Crippen molar-refractivity contribution < 1.29 is 0 Å². The summed E-state index contributed by atoms with van der Waals surface area (Å²) in [6.45, 7) is 4.04. The van der Waals surface area contributed by atoms with Crippen LogP contribution in [0.15, 0.2) is 11.7 Å². The van der Waals surface area contributed by atoms with Crippen molar-refractivity contribution in [3.8, 4) is 0 Å². The topological polar surface area (TPSA) is 55.6 Å². The van der Waals surface area contributed by atoms with Gasteiger partial charge in [0.05, 0.1) is 11.6 Å². The molecule has 0 saturated heterocycles. The van der Waals surface area contributed by atoms with Crippen molar-refractivity contribution in [2.75, 3.05) is 0 Å². The van der Waals surface area contributed by atoms with Crippen molar-refractivity contribution in [3.05, 3.63) is 28.2 Å². The second-order valence-corrected chi connectivity index (χ2v) is 5.27. The molecule has 90 valence electrons. The van der Waals surface area contributed by atoms with E-state index in [-0.39, 0.29) is 6.04 Å². The van der Waals surface area contributed by atoms with Crippen LogP contribution in [0.25, 0.3) is 0 Å². The number of aryl methyl sites for hydroxylation is 1. The molecular weight excluding hydrogens is 234 g/mol. The number of rotatable bonds is 4. The van der Waals surface area contributed by atoms with Crippen LogP contribution in [-0.2, 0) is 19.5 Å². The summed E-state index contributed by atoms with van der Waals surface area (Å²) in [6.07, 6.45) is 4.16. The second kappa shape index (κ2) is 4.54. The average molecular weight is 249 g/mol. The van der Waals surface area contributed by atoms with E-state index in [1.165, 1.54) is 11.3 Å². The first-order valence-corrected chi connectivity index (χ1v) is 6.75. The monoisotopic (exact) mass is 249 g/mol. The average Bonchev–Trinajstić information content (AvgIpc) is 3.02. The Morgan fingerprint density at radius 2 is 2.47 bits per heavy atom. The number of nitrogens with zero attached hydrogens (tertiary/aromatic N) is 4. The van der Waals surface area contributed by atoms with Gasteiger partial charge in [-0.1, -0.05) is 0 Å². The molecule has 0 bridgehead atoms. The molecule has 0 saturated carbocycles. The Bertz CT molecular complexity index is 490. The molecule has 0 spiro atoms. The van der Waals surface area contributed by atoms with Gasteiger partial charge in [0.1, 0.15) is 11.6 Å². The van der Waals surface area contributed by atoms with Gasteiger partial charge >= 0.3 is 0 Å². The van der Waals surface area contributed by atoms with Crippen LogP contribution in [0, 0.1) is 0 Å². The first kappa shape index (κ1) is 10.9. The molecule has 0 aliphatic carbocycles. The van der Waals surface area contributed by atoms with E-state index in [2.05, 4.69) is 32.0 Å². The van der Waals surface area contributed by atoms with E-state index in [0.717, 1.165) is 31.2 Å². The van der Waals surface area contributed by atoms with Crippen LogP contribution in [0.2, 0.25) is 0 Å². The predicted molar refractivity (Wildman–Crippen MR) is 65.7 cm³/mol. The minimum atomic E-state index is 0.233. The van der Waals surface area contributed by atoms with Gasteiger partial charge in [0.25, 0.3) is 0 Å². The van der Waals surface area contributed by atoms with Gasteiger partial charge in [-0.15, -0.1) is 21.5 Å². The van der Waals surface area contributed by atoms with Gasteiger partial charge in [0.15, 0.2) is 0 Å². The minimum Gasteiger partial charge on any atom is -0.314 e. The fourth-order valence-electron chi connectivity index (χ4n) is 2.17. The molecule has 2 aromatic rings. The third-order valence-corrected chi connectivity index (χ3v) is 3.87. The zero-order chi connectivity index (χ0) is 11.7. The largest absolute Gasteiger partial charge is 0.314 e. The molecule has 1 aliphatic rings. The number of nitrogens with one attached hydrogen (secondary N) is 1. The zero-order valence-corrected chi connectivity index (χ0v) is 10.6. The molecular formula is C11H15N5S. The highest BCUT2D eigenvalue weighted by molar-refractivity contribution is 7.09. The molecule has 3 heterocycles. The normalized spacial score (nSPS) is 16.1. The zero-order valence-electron chi connectivity index (χ0n) is 9.76. The highest BCUT2D eigenvalue weighted by Gasteiger charge is 2.20. The first-order chi connectivity index (χ1) is 8.34. The molecule has 1 atom stereocenters. The van der Waals surface area contributed by atoms with Gasteiger partial charge < -0.3 is 9.88 Å². The molecule has 0 fully saturated rings. The van der Waals surface area contributed by atoms with Crippen LogP contribution in [-0.4, -0.2) is 19.7 Å². The van der Waals surface area contributed by atoms with E-state index in [1.54, 1.807) is 11.3 Å². The summed E-state index contributed by atoms with van der Waals surface area (Å²) in [4.78, 5) is 5.31. The smallest absolute Gasteiger partial charge is 0.149 e. The van der Waals surface area contributed by atoms with Crippen molar-refractivity contribution in [1.82, 2.24) is 25.1 Å². The van der Waals surface area contributed by atoms with Crippen LogP contribution in [0.5, 0.6) is 0 Å². The Morgan fingerprint density at radius 3 is 3.29 bits per heavy atom. The molecule has 0 amide bonds. The van der Waals surface area contributed by atoms with E-state index in [4.69, 9.17) is 0 Å². The maximum Gasteiger partial charge on any atom is 0.149 e. The van der Waals surface area contributed by atoms with Gasteiger partial charge in [-0.3, -0.25) is 4.98 Å². The summed E-state index contributed by atoms with van der Waals surface area (Å²) in [5.74, 6) is 2.19. The lowest BCUT2D eigenvalue weighted by molar-refractivity contribution is 0.518. The van der Waals surface area contributed by atoms with Gasteiger partial charge in [-0.05, 0) is 13.3 Å². The number of aromatic nitrogens is 4. The molecule has 0 radical (unpaired) electrons. The summed E-state index contributed by atoms with van der Waals surface area (Å²) in [7, 11) is 0. The van der Waals surface area contributed by atoms with Crippen molar-refractivity contribution in [3.63, 3.8) is 0 Å². The predicted octanol–water partition coefficient (Wildman–Crippen LogP) is 1.53. The maximum atomic E-state index is 4.28.